The first-order valence-corrected chi connectivity index (χ1v) is 10.2. The van der Waals surface area contributed by atoms with E-state index in [0.717, 1.165) is 4.90 Å². The lowest BCUT2D eigenvalue weighted by molar-refractivity contribution is 0.00312. The van der Waals surface area contributed by atoms with Crippen molar-refractivity contribution in [3.63, 3.8) is 0 Å². The number of carbonyl (C=O) groups excluding carboxylic acids is 4. The zero-order chi connectivity index (χ0) is 24.1. The van der Waals surface area contributed by atoms with Crippen LogP contribution in [0.2, 0.25) is 0 Å². The van der Waals surface area contributed by atoms with Crippen LogP contribution in [0.15, 0.2) is 54.6 Å². The minimum absolute atomic E-state index is 0.116. The maximum absolute atomic E-state index is 12.6. The Bertz CT molecular complexity index is 982. The second kappa shape index (κ2) is 9.77. The van der Waals surface area contributed by atoms with Gasteiger partial charge in [-0.05, 0) is 47.1 Å². The maximum atomic E-state index is 12.6. The van der Waals surface area contributed by atoms with Crippen molar-refractivity contribution < 1.29 is 28.7 Å². The number of carbonyl (C=O) groups is 4. The molecule has 0 saturated heterocycles. The highest BCUT2D eigenvalue weighted by atomic mass is 16.6. The van der Waals surface area contributed by atoms with Crippen molar-refractivity contribution in [2.75, 3.05) is 0 Å². The summed E-state index contributed by atoms with van der Waals surface area (Å²) in [4.78, 5) is 50.8. The molecule has 0 bridgehead atoms. The Balaban J connectivity index is 2.05. The zero-order valence-corrected chi connectivity index (χ0v) is 19.3. The summed E-state index contributed by atoms with van der Waals surface area (Å²) in [7, 11) is 0. The molecule has 0 heterocycles. The first-order chi connectivity index (χ1) is 14.8. The van der Waals surface area contributed by atoms with Crippen LogP contribution in [0.25, 0.3) is 0 Å². The topological polar surface area (TPSA) is 90.0 Å². The molecule has 0 aliphatic rings. The van der Waals surface area contributed by atoms with Gasteiger partial charge in [0.2, 0.25) is 11.6 Å². The monoisotopic (exact) mass is 439 g/mol. The van der Waals surface area contributed by atoms with E-state index in [2.05, 4.69) is 0 Å². The molecule has 7 heteroatoms. The number of imide groups is 1. The number of benzene rings is 2. The first-order valence-electron chi connectivity index (χ1n) is 10.2. The molecule has 0 spiro atoms. The van der Waals surface area contributed by atoms with Crippen LogP contribution in [0.1, 0.15) is 67.8 Å². The number of rotatable bonds is 5. The van der Waals surface area contributed by atoms with Crippen LogP contribution in [0, 0.1) is 0 Å². The number of ether oxygens (including phenoxy) is 2. The number of hydrogen-bond acceptors (Lipinski definition) is 6. The van der Waals surface area contributed by atoms with E-state index < -0.39 is 34.9 Å². The van der Waals surface area contributed by atoms with Crippen LogP contribution in [-0.2, 0) is 16.1 Å². The highest BCUT2D eigenvalue weighted by molar-refractivity contribution is 6.49. The van der Waals surface area contributed by atoms with Crippen LogP contribution in [-0.4, -0.2) is 39.8 Å². The lowest BCUT2D eigenvalue weighted by Gasteiger charge is -2.34. The van der Waals surface area contributed by atoms with E-state index in [9.17, 15) is 19.2 Å². The molecule has 0 unspecified atom stereocenters. The summed E-state index contributed by atoms with van der Waals surface area (Å²) in [6, 6.07) is 14.5. The second-order valence-corrected chi connectivity index (χ2v) is 9.26. The largest absolute Gasteiger partial charge is 0.444 e. The van der Waals surface area contributed by atoms with Gasteiger partial charge in [-0.3, -0.25) is 9.59 Å². The highest BCUT2D eigenvalue weighted by Gasteiger charge is 2.37. The smallest absolute Gasteiger partial charge is 0.420 e. The molecule has 0 fully saturated rings. The summed E-state index contributed by atoms with van der Waals surface area (Å²) in [6.45, 7) is 10.1. The Kier molecular flexibility index (Phi) is 7.56. The van der Waals surface area contributed by atoms with Gasteiger partial charge in [0.25, 0.3) is 0 Å². The molecule has 170 valence electrons. The molecular weight excluding hydrogens is 410 g/mol. The van der Waals surface area contributed by atoms with Crippen molar-refractivity contribution in [2.24, 2.45) is 0 Å². The molecule has 32 heavy (non-hydrogen) atoms. The van der Waals surface area contributed by atoms with E-state index >= 15 is 0 Å². The molecule has 2 aromatic carbocycles. The van der Waals surface area contributed by atoms with Crippen LogP contribution in [0.3, 0.4) is 0 Å². The lowest BCUT2D eigenvalue weighted by Crippen LogP contribution is -2.51. The average Bonchev–Trinajstić information content (AvgIpc) is 2.70. The number of nitrogens with zero attached hydrogens (tertiary/aromatic N) is 1. The fraction of sp³-hybridized carbons (Fsp3) is 0.360. The van der Waals surface area contributed by atoms with Gasteiger partial charge < -0.3 is 9.47 Å². The Morgan fingerprint density at radius 3 is 1.69 bits per heavy atom. The Hall–Kier alpha value is -3.48. The SMILES string of the molecule is CC(C)(C)OC(=O)N(C(=O)OCc1ccc(C(=O)C(=O)c2ccccc2)cc1)C(C)(C)C. The van der Waals surface area contributed by atoms with Crippen molar-refractivity contribution in [3.8, 4) is 0 Å². The van der Waals surface area contributed by atoms with E-state index in [1.807, 2.05) is 0 Å². The van der Waals surface area contributed by atoms with Crippen LogP contribution in [0.5, 0.6) is 0 Å². The number of Topliss-reactive ketones (excluding diaryl/α,β-unsaturated/α-hetero) is 2. The minimum atomic E-state index is -0.854. The first kappa shape index (κ1) is 24.8. The van der Waals surface area contributed by atoms with Gasteiger partial charge in [-0.1, -0.05) is 54.6 Å². The number of amides is 2. The van der Waals surface area contributed by atoms with Gasteiger partial charge in [-0.2, -0.15) is 0 Å². The van der Waals surface area contributed by atoms with Crippen molar-refractivity contribution in [1.29, 1.82) is 0 Å². The molecule has 0 aliphatic heterocycles. The molecule has 2 aromatic rings. The predicted molar refractivity (Wildman–Crippen MR) is 120 cm³/mol. The van der Waals surface area contributed by atoms with Crippen molar-refractivity contribution in [1.82, 2.24) is 4.90 Å². The summed E-state index contributed by atoms with van der Waals surface area (Å²) in [5, 5.41) is 0. The van der Waals surface area contributed by atoms with E-state index in [1.165, 1.54) is 12.1 Å². The Labute approximate surface area is 188 Å². The normalized spacial score (nSPS) is 11.4. The molecule has 2 rings (SSSR count). The van der Waals surface area contributed by atoms with E-state index in [-0.39, 0.29) is 12.2 Å². The highest BCUT2D eigenvalue weighted by Crippen LogP contribution is 2.20. The van der Waals surface area contributed by atoms with Gasteiger partial charge in [0.15, 0.2) is 0 Å². The summed E-state index contributed by atoms with van der Waals surface area (Å²) < 4.78 is 10.6. The summed E-state index contributed by atoms with van der Waals surface area (Å²) in [5.74, 6) is -1.22. The molecule has 0 aromatic heterocycles. The summed E-state index contributed by atoms with van der Waals surface area (Å²) in [6.07, 6.45) is -1.64. The van der Waals surface area contributed by atoms with Crippen LogP contribution >= 0.6 is 0 Å². The standard InChI is InChI=1S/C25H29NO6/c1-24(2,3)26(23(30)32-25(4,5)6)22(29)31-16-17-12-14-19(15-13-17)21(28)20(27)18-10-8-7-9-11-18/h7-15H,16H2,1-6H3. The van der Waals surface area contributed by atoms with Gasteiger partial charge in [0, 0.05) is 16.7 Å². The van der Waals surface area contributed by atoms with E-state index in [1.54, 1.807) is 84.0 Å². The van der Waals surface area contributed by atoms with Gasteiger partial charge in [-0.15, -0.1) is 0 Å². The quantitative estimate of drug-likeness (QED) is 0.456. The maximum Gasteiger partial charge on any atom is 0.420 e. The van der Waals surface area contributed by atoms with Crippen LogP contribution < -0.4 is 0 Å². The van der Waals surface area contributed by atoms with E-state index in [0.29, 0.717) is 11.1 Å². The van der Waals surface area contributed by atoms with Gasteiger partial charge in [0.1, 0.15) is 12.2 Å². The Morgan fingerprint density at radius 2 is 1.22 bits per heavy atom. The minimum Gasteiger partial charge on any atom is -0.444 e. The molecule has 0 saturated carbocycles. The summed E-state index contributed by atoms with van der Waals surface area (Å²) >= 11 is 0. The number of ketones is 2. The average molecular weight is 440 g/mol. The third-order valence-electron chi connectivity index (χ3n) is 4.25. The fourth-order valence-corrected chi connectivity index (χ4v) is 2.74. The summed E-state index contributed by atoms with van der Waals surface area (Å²) in [5.41, 5.74) is -0.465. The molecule has 0 atom stereocenters. The van der Waals surface area contributed by atoms with Gasteiger partial charge in [-0.25, -0.2) is 14.5 Å². The molecule has 7 nitrogen and oxygen atoms in total. The Morgan fingerprint density at radius 1 is 0.719 bits per heavy atom. The second-order valence-electron chi connectivity index (χ2n) is 9.26. The molecule has 0 aliphatic carbocycles. The predicted octanol–water partition coefficient (Wildman–Crippen LogP) is 5.42. The van der Waals surface area contributed by atoms with Crippen molar-refractivity contribution in [3.05, 3.63) is 71.3 Å². The molecular formula is C25H29NO6. The molecule has 2 amide bonds. The van der Waals surface area contributed by atoms with Crippen LogP contribution in [0.4, 0.5) is 9.59 Å². The van der Waals surface area contributed by atoms with E-state index in [4.69, 9.17) is 9.47 Å². The third-order valence-corrected chi connectivity index (χ3v) is 4.25. The van der Waals surface area contributed by atoms with Crippen molar-refractivity contribution >= 4 is 23.8 Å². The zero-order valence-electron chi connectivity index (χ0n) is 19.3. The van der Waals surface area contributed by atoms with Gasteiger partial charge in [0.05, 0.1) is 0 Å². The lowest BCUT2D eigenvalue weighted by atomic mass is 10.0. The van der Waals surface area contributed by atoms with Gasteiger partial charge >= 0.3 is 12.2 Å². The number of hydrogen-bond donors (Lipinski definition) is 0. The fourth-order valence-electron chi connectivity index (χ4n) is 2.74. The van der Waals surface area contributed by atoms with Crippen molar-refractivity contribution in [2.45, 2.75) is 59.3 Å². The molecule has 0 N–H and O–H groups in total. The molecule has 0 radical (unpaired) electrons. The third kappa shape index (κ3) is 6.77.